The minimum atomic E-state index is -4.67. The van der Waals surface area contributed by atoms with Crippen molar-refractivity contribution in [2.75, 3.05) is 0 Å². The van der Waals surface area contributed by atoms with Crippen LogP contribution < -0.4 is 5.73 Å². The quantitative estimate of drug-likeness (QED) is 0.814. The molecule has 1 aliphatic carbocycles. The van der Waals surface area contributed by atoms with Crippen LogP contribution in [0.5, 0.6) is 0 Å². The molecule has 0 amide bonds. The zero-order valence-corrected chi connectivity index (χ0v) is 10.3. The van der Waals surface area contributed by atoms with Crippen LogP contribution in [-0.4, -0.2) is 0 Å². The second-order valence-corrected chi connectivity index (χ2v) is 4.42. The van der Waals surface area contributed by atoms with E-state index in [4.69, 9.17) is 5.73 Å². The lowest BCUT2D eigenvalue weighted by Gasteiger charge is -2.32. The maximum atomic E-state index is 13.7. The molecule has 1 atom stereocenters. The minimum absolute atomic E-state index is 0. The van der Waals surface area contributed by atoms with Gasteiger partial charge in [0.25, 0.3) is 0 Å². The first-order valence-corrected chi connectivity index (χ1v) is 5.52. The first kappa shape index (κ1) is 15.2. The number of benzene rings is 1. The molecule has 102 valence electrons. The van der Waals surface area contributed by atoms with Crippen molar-refractivity contribution < 1.29 is 17.6 Å². The topological polar surface area (TPSA) is 26.0 Å². The number of nitrogens with two attached hydrogens (primary N) is 1. The van der Waals surface area contributed by atoms with Gasteiger partial charge in [0.1, 0.15) is 5.82 Å². The van der Waals surface area contributed by atoms with Gasteiger partial charge in [0.2, 0.25) is 0 Å². The first-order chi connectivity index (χ1) is 7.91. The van der Waals surface area contributed by atoms with E-state index in [1.165, 1.54) is 12.1 Å². The highest BCUT2D eigenvalue weighted by molar-refractivity contribution is 5.85. The molecule has 1 fully saturated rings. The summed E-state index contributed by atoms with van der Waals surface area (Å²) in [5.74, 6) is -1.12. The van der Waals surface area contributed by atoms with Gasteiger partial charge in [-0.15, -0.1) is 12.4 Å². The number of hydrogen-bond donors (Lipinski definition) is 1. The molecule has 0 heterocycles. The fourth-order valence-electron chi connectivity index (χ4n) is 2.08. The summed E-state index contributed by atoms with van der Waals surface area (Å²) in [5, 5.41) is 0. The van der Waals surface area contributed by atoms with E-state index in [2.05, 4.69) is 0 Å². The van der Waals surface area contributed by atoms with Gasteiger partial charge in [-0.2, -0.15) is 13.2 Å². The SMILES string of the molecule is Cl.N[C@H](c1cccc(C(F)(F)F)c1F)C1CCC1. The van der Waals surface area contributed by atoms with E-state index < -0.39 is 23.6 Å². The Morgan fingerprint density at radius 3 is 2.28 bits per heavy atom. The zero-order chi connectivity index (χ0) is 12.6. The monoisotopic (exact) mass is 283 g/mol. The van der Waals surface area contributed by atoms with Crippen LogP contribution >= 0.6 is 12.4 Å². The summed E-state index contributed by atoms with van der Waals surface area (Å²) in [6.07, 6.45) is -1.94. The molecular weight excluding hydrogens is 270 g/mol. The predicted molar refractivity (Wildman–Crippen MR) is 62.9 cm³/mol. The van der Waals surface area contributed by atoms with Gasteiger partial charge in [0.05, 0.1) is 5.56 Å². The molecule has 0 aliphatic heterocycles. The molecule has 0 unspecified atom stereocenters. The lowest BCUT2D eigenvalue weighted by Crippen LogP contribution is -2.28. The Morgan fingerprint density at radius 2 is 1.83 bits per heavy atom. The molecule has 1 aliphatic rings. The van der Waals surface area contributed by atoms with Crippen LogP contribution in [0.15, 0.2) is 18.2 Å². The number of rotatable bonds is 2. The summed E-state index contributed by atoms with van der Waals surface area (Å²) < 4.78 is 51.3. The molecule has 1 saturated carbocycles. The Morgan fingerprint density at radius 1 is 1.22 bits per heavy atom. The Kier molecular flexibility index (Phi) is 4.61. The molecular formula is C12H14ClF4N. The van der Waals surface area contributed by atoms with Gasteiger partial charge in [-0.25, -0.2) is 4.39 Å². The van der Waals surface area contributed by atoms with Gasteiger partial charge in [-0.05, 0) is 24.8 Å². The van der Waals surface area contributed by atoms with E-state index in [0.717, 1.165) is 25.3 Å². The molecule has 2 rings (SSSR count). The van der Waals surface area contributed by atoms with E-state index in [0.29, 0.717) is 0 Å². The smallest absolute Gasteiger partial charge is 0.324 e. The van der Waals surface area contributed by atoms with E-state index in [1.807, 2.05) is 0 Å². The molecule has 0 spiro atoms. The normalized spacial score (nSPS) is 17.8. The van der Waals surface area contributed by atoms with Crippen molar-refractivity contribution in [3.8, 4) is 0 Å². The van der Waals surface area contributed by atoms with Crippen LogP contribution in [0.4, 0.5) is 17.6 Å². The molecule has 0 bridgehead atoms. The zero-order valence-electron chi connectivity index (χ0n) is 9.51. The van der Waals surface area contributed by atoms with Crippen LogP contribution in [0.3, 0.4) is 0 Å². The molecule has 0 radical (unpaired) electrons. The molecule has 1 aromatic rings. The van der Waals surface area contributed by atoms with Gasteiger partial charge >= 0.3 is 6.18 Å². The lowest BCUT2D eigenvalue weighted by atomic mass is 9.77. The van der Waals surface area contributed by atoms with Gasteiger partial charge in [-0.1, -0.05) is 18.6 Å². The van der Waals surface area contributed by atoms with Crippen LogP contribution in [0.1, 0.15) is 36.4 Å². The summed E-state index contributed by atoms with van der Waals surface area (Å²) >= 11 is 0. The Labute approximate surface area is 109 Å². The molecule has 2 N–H and O–H groups in total. The summed E-state index contributed by atoms with van der Waals surface area (Å²) in [6, 6.07) is 2.66. The van der Waals surface area contributed by atoms with E-state index >= 15 is 0 Å². The van der Waals surface area contributed by atoms with E-state index in [-0.39, 0.29) is 23.9 Å². The van der Waals surface area contributed by atoms with Crippen molar-refractivity contribution in [3.63, 3.8) is 0 Å². The third-order valence-corrected chi connectivity index (χ3v) is 3.35. The minimum Gasteiger partial charge on any atom is -0.324 e. The van der Waals surface area contributed by atoms with Crippen LogP contribution in [0.25, 0.3) is 0 Å². The molecule has 1 nitrogen and oxygen atoms in total. The van der Waals surface area contributed by atoms with Gasteiger partial charge in [0.15, 0.2) is 0 Å². The molecule has 6 heteroatoms. The lowest BCUT2D eigenvalue weighted by molar-refractivity contribution is -0.140. The average molecular weight is 284 g/mol. The fraction of sp³-hybridized carbons (Fsp3) is 0.500. The number of halogens is 5. The summed E-state index contributed by atoms with van der Waals surface area (Å²) in [6.45, 7) is 0. The van der Waals surface area contributed by atoms with E-state index in [9.17, 15) is 17.6 Å². The van der Waals surface area contributed by atoms with Crippen molar-refractivity contribution in [1.82, 2.24) is 0 Å². The fourth-order valence-corrected chi connectivity index (χ4v) is 2.08. The van der Waals surface area contributed by atoms with E-state index in [1.54, 1.807) is 0 Å². The van der Waals surface area contributed by atoms with Gasteiger partial charge < -0.3 is 5.73 Å². The third kappa shape index (κ3) is 2.78. The second-order valence-electron chi connectivity index (χ2n) is 4.42. The number of hydrogen-bond acceptors (Lipinski definition) is 1. The summed E-state index contributed by atoms with van der Waals surface area (Å²) in [5.41, 5.74) is 4.55. The van der Waals surface area contributed by atoms with Gasteiger partial charge in [-0.3, -0.25) is 0 Å². The van der Waals surface area contributed by atoms with Crippen molar-refractivity contribution in [2.24, 2.45) is 11.7 Å². The van der Waals surface area contributed by atoms with Crippen LogP contribution in [0.2, 0.25) is 0 Å². The molecule has 1 aromatic carbocycles. The Hall–Kier alpha value is -0.810. The standard InChI is InChI=1S/C12H13F4N.ClH/c13-10-8(11(17)7-3-1-4-7)5-2-6-9(10)12(14,15)16;/h2,5-7,11H,1,3-4,17H2;1H/t11-;/m0./s1. The largest absolute Gasteiger partial charge is 0.419 e. The molecule has 18 heavy (non-hydrogen) atoms. The van der Waals surface area contributed by atoms with Gasteiger partial charge in [0, 0.05) is 11.6 Å². The highest BCUT2D eigenvalue weighted by Crippen LogP contribution is 2.39. The van der Waals surface area contributed by atoms with Crippen molar-refractivity contribution in [1.29, 1.82) is 0 Å². The first-order valence-electron chi connectivity index (χ1n) is 5.52. The maximum Gasteiger partial charge on any atom is 0.419 e. The predicted octanol–water partition coefficient (Wildman–Crippen LogP) is 4.07. The summed E-state index contributed by atoms with van der Waals surface area (Å²) in [4.78, 5) is 0. The Balaban J connectivity index is 0.00000162. The highest BCUT2D eigenvalue weighted by Gasteiger charge is 2.36. The van der Waals surface area contributed by atoms with Crippen LogP contribution in [0, 0.1) is 11.7 Å². The third-order valence-electron chi connectivity index (χ3n) is 3.35. The van der Waals surface area contributed by atoms with Crippen molar-refractivity contribution in [2.45, 2.75) is 31.5 Å². The average Bonchev–Trinajstić information content (AvgIpc) is 2.13. The second kappa shape index (κ2) is 5.45. The molecule has 0 saturated heterocycles. The van der Waals surface area contributed by atoms with Crippen molar-refractivity contribution >= 4 is 12.4 Å². The number of alkyl halides is 3. The highest BCUT2D eigenvalue weighted by atomic mass is 35.5. The Bertz CT molecular complexity index is 415. The van der Waals surface area contributed by atoms with Crippen molar-refractivity contribution in [3.05, 3.63) is 35.1 Å². The maximum absolute atomic E-state index is 13.7. The molecule has 0 aromatic heterocycles. The van der Waals surface area contributed by atoms with Crippen LogP contribution in [-0.2, 0) is 6.18 Å². The summed E-state index contributed by atoms with van der Waals surface area (Å²) in [7, 11) is 0.